The molecule has 0 rings (SSSR count). The first-order valence-corrected chi connectivity index (χ1v) is 0. The molecule has 0 aromatic carbocycles. The molecule has 0 atom stereocenters. The molecule has 0 aliphatic heterocycles. The summed E-state index contributed by atoms with van der Waals surface area (Å²) in [4.78, 5) is 0. The zero-order chi connectivity index (χ0) is 0. The Hall–Kier alpha value is 1.54. The van der Waals surface area contributed by atoms with Crippen LogP contribution in [0.5, 0.6) is 0 Å². The van der Waals surface area contributed by atoms with Gasteiger partial charge in [-0.1, -0.05) is 0 Å². The second-order valence-electron chi connectivity index (χ2n) is 0. The summed E-state index contributed by atoms with van der Waals surface area (Å²) >= 11 is 0. The Morgan fingerprint density at radius 3 is 1.25 bits per heavy atom. The number of hydrogen-bond donors (Lipinski definition) is 0. The van der Waals surface area contributed by atoms with Gasteiger partial charge in [-0.2, -0.15) is 0 Å². The van der Waals surface area contributed by atoms with Crippen LogP contribution in [0.3, 0.4) is 0 Å². The Kier molecular flexibility index (Phi) is 290. The van der Waals surface area contributed by atoms with Gasteiger partial charge in [0.2, 0.25) is 0 Å². The summed E-state index contributed by atoms with van der Waals surface area (Å²) in [6, 6.07) is 0. The molecule has 0 unspecified atom stereocenters. The summed E-state index contributed by atoms with van der Waals surface area (Å²) in [5.74, 6) is 0. The maximum absolute atomic E-state index is 0. The SMILES string of the molecule is Cl.O.[Fe].[H-].[H-].[Mg+2]. The molecule has 4 heteroatoms. The summed E-state index contributed by atoms with van der Waals surface area (Å²) < 4.78 is 0. The molecule has 4 heavy (non-hydrogen) atoms. The van der Waals surface area contributed by atoms with Crippen molar-refractivity contribution in [2.24, 2.45) is 0 Å². The fraction of sp³-hybridized carbons (Fsp3) is 0. The van der Waals surface area contributed by atoms with Crippen molar-refractivity contribution in [3.63, 3.8) is 0 Å². The van der Waals surface area contributed by atoms with Crippen LogP contribution in [0.15, 0.2) is 0 Å². The average Bonchev–Trinajstić information content (AvgIpc) is 0. The molecule has 0 aliphatic rings. The van der Waals surface area contributed by atoms with E-state index in [1.165, 1.54) is 0 Å². The van der Waals surface area contributed by atoms with Gasteiger partial charge in [-0.25, -0.2) is 0 Å². The Morgan fingerprint density at radius 1 is 1.25 bits per heavy atom. The van der Waals surface area contributed by atoms with Crippen LogP contribution in [-0.2, 0) is 17.1 Å². The molecule has 0 saturated carbocycles. The standard InChI is InChI=1S/ClH.Fe.Mg.H2O.2H/h1H;;;1H2;;/q;;+2;;2*-1. The molecule has 0 fully saturated rings. The summed E-state index contributed by atoms with van der Waals surface area (Å²) in [6.07, 6.45) is 0. The van der Waals surface area contributed by atoms with Crippen molar-refractivity contribution in [2.75, 3.05) is 0 Å². The van der Waals surface area contributed by atoms with Gasteiger partial charge in [0.15, 0.2) is 0 Å². The van der Waals surface area contributed by atoms with E-state index >= 15 is 0 Å². The van der Waals surface area contributed by atoms with Crippen molar-refractivity contribution in [2.45, 2.75) is 0 Å². The molecule has 0 aromatic heterocycles. The van der Waals surface area contributed by atoms with Gasteiger partial charge < -0.3 is 8.33 Å². The second kappa shape index (κ2) is 24.0. The monoisotopic (exact) mass is 136 g/mol. The van der Waals surface area contributed by atoms with Crippen LogP contribution < -0.4 is 0 Å². The Labute approximate surface area is 60.8 Å². The zero-order valence-electron chi connectivity index (χ0n) is 3.97. The zero-order valence-corrected chi connectivity index (χ0v) is 5.30. The van der Waals surface area contributed by atoms with Gasteiger partial charge in [-0.05, 0) is 0 Å². The molecular formula is H5ClFeMgO. The van der Waals surface area contributed by atoms with E-state index in [1.54, 1.807) is 0 Å². The molecule has 0 aliphatic carbocycles. The molecule has 28 valence electrons. The topological polar surface area (TPSA) is 31.5 Å². The quantitative estimate of drug-likeness (QED) is 0.400. The molecule has 0 spiro atoms. The van der Waals surface area contributed by atoms with Crippen LogP contribution in [-0.4, -0.2) is 28.5 Å². The maximum Gasteiger partial charge on any atom is 2.00 e. The first-order chi connectivity index (χ1) is 0. The van der Waals surface area contributed by atoms with Crippen LogP contribution in [0, 0.1) is 0 Å². The molecule has 0 bridgehead atoms. The van der Waals surface area contributed by atoms with Crippen molar-refractivity contribution in [1.29, 1.82) is 0 Å². The molecule has 2 N–H and O–H groups in total. The minimum atomic E-state index is 0. The van der Waals surface area contributed by atoms with Gasteiger partial charge in [0.1, 0.15) is 0 Å². The Morgan fingerprint density at radius 2 is 1.25 bits per heavy atom. The normalized spacial score (nSPS) is 0. The van der Waals surface area contributed by atoms with Gasteiger partial charge in [0, 0.05) is 17.1 Å². The Balaban J connectivity index is 0. The predicted molar refractivity (Wildman–Crippen MR) is 18.8 cm³/mol. The van der Waals surface area contributed by atoms with E-state index in [0.29, 0.717) is 0 Å². The Bertz CT molecular complexity index is 13.5. The van der Waals surface area contributed by atoms with Gasteiger partial charge in [-0.15, -0.1) is 12.4 Å². The van der Waals surface area contributed by atoms with E-state index in [-0.39, 0.29) is 60.9 Å². The maximum atomic E-state index is 0. The summed E-state index contributed by atoms with van der Waals surface area (Å²) in [5, 5.41) is 0. The molecule has 0 aromatic rings. The van der Waals surface area contributed by atoms with Crippen molar-refractivity contribution in [3.8, 4) is 0 Å². The van der Waals surface area contributed by atoms with E-state index in [4.69, 9.17) is 0 Å². The van der Waals surface area contributed by atoms with Crippen LogP contribution in [0.4, 0.5) is 0 Å². The van der Waals surface area contributed by atoms with Crippen molar-refractivity contribution >= 4 is 35.5 Å². The van der Waals surface area contributed by atoms with E-state index in [2.05, 4.69) is 0 Å². The third kappa shape index (κ3) is 9.64. The van der Waals surface area contributed by atoms with E-state index in [9.17, 15) is 0 Å². The first-order valence-electron chi connectivity index (χ1n) is 0. The fourth-order valence-corrected chi connectivity index (χ4v) is 0. The number of halogens is 1. The van der Waals surface area contributed by atoms with Crippen molar-refractivity contribution in [3.05, 3.63) is 0 Å². The summed E-state index contributed by atoms with van der Waals surface area (Å²) in [7, 11) is 0. The molecular weight excluding hydrogens is 132 g/mol. The van der Waals surface area contributed by atoms with Gasteiger partial charge >= 0.3 is 23.1 Å². The van der Waals surface area contributed by atoms with Gasteiger partial charge in [0.25, 0.3) is 0 Å². The molecule has 1 nitrogen and oxygen atoms in total. The molecule has 0 amide bonds. The van der Waals surface area contributed by atoms with Gasteiger partial charge in [-0.3, -0.25) is 0 Å². The minimum absolute atomic E-state index is 0. The summed E-state index contributed by atoms with van der Waals surface area (Å²) in [6.45, 7) is 0. The average molecular weight is 137 g/mol. The smallest absolute Gasteiger partial charge is 1.00 e. The van der Waals surface area contributed by atoms with Crippen LogP contribution in [0.1, 0.15) is 2.85 Å². The molecule has 0 radical (unpaired) electrons. The van der Waals surface area contributed by atoms with E-state index < -0.39 is 0 Å². The van der Waals surface area contributed by atoms with Crippen LogP contribution >= 0.6 is 12.4 Å². The largest absolute Gasteiger partial charge is 2.00 e. The third-order valence-corrected chi connectivity index (χ3v) is 0. The van der Waals surface area contributed by atoms with E-state index in [0.717, 1.165) is 0 Å². The molecule has 0 saturated heterocycles. The predicted octanol–water partition coefficient (Wildman–Crippen LogP) is -0.561. The minimum Gasteiger partial charge on any atom is -1.00 e. The van der Waals surface area contributed by atoms with Crippen LogP contribution in [0.2, 0.25) is 0 Å². The number of hydrogen-bond acceptors (Lipinski definition) is 0. The van der Waals surface area contributed by atoms with Crippen molar-refractivity contribution < 1.29 is 25.4 Å². The van der Waals surface area contributed by atoms with Gasteiger partial charge in [0.05, 0.1) is 0 Å². The fourth-order valence-electron chi connectivity index (χ4n) is 0. The third-order valence-electron chi connectivity index (χ3n) is 0. The van der Waals surface area contributed by atoms with Crippen molar-refractivity contribution in [1.82, 2.24) is 0 Å². The second-order valence-corrected chi connectivity index (χ2v) is 0. The first kappa shape index (κ1) is 48.3. The van der Waals surface area contributed by atoms with E-state index in [1.807, 2.05) is 0 Å². The number of rotatable bonds is 0. The van der Waals surface area contributed by atoms with Crippen LogP contribution in [0.25, 0.3) is 0 Å². The molecule has 0 heterocycles. The summed E-state index contributed by atoms with van der Waals surface area (Å²) in [5.41, 5.74) is 0.